The molecule has 0 fully saturated rings. The Hall–Kier alpha value is -0.813. The summed E-state index contributed by atoms with van der Waals surface area (Å²) in [6.07, 6.45) is 1.91. The third kappa shape index (κ3) is 11.7. The second-order valence-electron chi connectivity index (χ2n) is 4.81. The summed E-state index contributed by atoms with van der Waals surface area (Å²) < 4.78 is 32.9. The molecule has 24 heavy (non-hydrogen) atoms. The molecular formula is C15H31NO7Si. The van der Waals surface area contributed by atoms with Crippen LogP contribution < -0.4 is 5.32 Å². The maximum absolute atomic E-state index is 11.2. The molecule has 0 saturated carbocycles. The van der Waals surface area contributed by atoms with Crippen molar-refractivity contribution in [2.24, 2.45) is 0 Å². The zero-order valence-electron chi connectivity index (χ0n) is 15.0. The number of hydrogen-bond donors (Lipinski definition) is 1. The first-order valence-corrected chi connectivity index (χ1v) is 9.86. The first-order chi connectivity index (χ1) is 11.6. The van der Waals surface area contributed by atoms with Gasteiger partial charge in [-0.25, -0.2) is 0 Å². The number of rotatable bonds is 17. The third-order valence-electron chi connectivity index (χ3n) is 2.97. The third-order valence-corrected chi connectivity index (χ3v) is 5.87. The molecule has 0 atom stereocenters. The van der Waals surface area contributed by atoms with Crippen molar-refractivity contribution in [3.63, 3.8) is 0 Å². The van der Waals surface area contributed by atoms with Gasteiger partial charge in [0.15, 0.2) is 0 Å². The molecule has 1 amide bonds. The van der Waals surface area contributed by atoms with Gasteiger partial charge in [-0.2, -0.15) is 0 Å². The molecule has 0 rings (SSSR count). The molecule has 142 valence electrons. The summed E-state index contributed by atoms with van der Waals surface area (Å²) in [7, 11) is 1.91. The van der Waals surface area contributed by atoms with Crippen molar-refractivity contribution in [1.82, 2.24) is 5.32 Å². The topological polar surface area (TPSA) is 84.5 Å². The molecule has 0 aromatic rings. The van der Waals surface area contributed by atoms with Gasteiger partial charge in [-0.05, 0) is 12.5 Å². The van der Waals surface area contributed by atoms with E-state index in [4.69, 9.17) is 27.5 Å². The molecule has 0 aliphatic heterocycles. The van der Waals surface area contributed by atoms with Crippen LogP contribution in [0.25, 0.3) is 0 Å². The molecule has 0 bridgehead atoms. The lowest BCUT2D eigenvalue weighted by atomic mass is 10.4. The van der Waals surface area contributed by atoms with Crippen molar-refractivity contribution in [3.05, 3.63) is 12.7 Å². The van der Waals surface area contributed by atoms with E-state index in [0.717, 1.165) is 0 Å². The van der Waals surface area contributed by atoms with Crippen LogP contribution in [0.4, 0.5) is 0 Å². The Labute approximate surface area is 145 Å². The lowest BCUT2D eigenvalue weighted by molar-refractivity contribution is -0.116. The maximum atomic E-state index is 11.2. The Morgan fingerprint density at radius 2 is 1.38 bits per heavy atom. The molecule has 1 N–H and O–H groups in total. The van der Waals surface area contributed by atoms with Gasteiger partial charge in [0.2, 0.25) is 5.91 Å². The number of hydrogen-bond acceptors (Lipinski definition) is 7. The van der Waals surface area contributed by atoms with E-state index in [-0.39, 0.29) is 5.91 Å². The van der Waals surface area contributed by atoms with Gasteiger partial charge in [-0.3, -0.25) is 4.79 Å². The average Bonchev–Trinajstić information content (AvgIpc) is 2.59. The number of carbonyl (C=O) groups excluding carboxylic acids is 1. The van der Waals surface area contributed by atoms with Gasteiger partial charge in [0.25, 0.3) is 0 Å². The van der Waals surface area contributed by atoms with Crippen LogP contribution in [-0.4, -0.2) is 82.2 Å². The van der Waals surface area contributed by atoms with Crippen LogP contribution in [-0.2, 0) is 32.3 Å². The molecular weight excluding hydrogens is 334 g/mol. The molecule has 0 spiro atoms. The van der Waals surface area contributed by atoms with E-state index in [1.165, 1.54) is 6.08 Å². The predicted molar refractivity (Wildman–Crippen MR) is 91.9 cm³/mol. The summed E-state index contributed by atoms with van der Waals surface area (Å²) in [6, 6.07) is 0.571. The fraction of sp³-hybridized carbons (Fsp3) is 0.800. The van der Waals surface area contributed by atoms with Crippen LogP contribution >= 0.6 is 0 Å². The van der Waals surface area contributed by atoms with E-state index in [1.54, 1.807) is 21.3 Å². The molecule has 0 unspecified atom stereocenters. The van der Waals surface area contributed by atoms with Gasteiger partial charge in [-0.15, -0.1) is 0 Å². The quantitative estimate of drug-likeness (QED) is 0.230. The van der Waals surface area contributed by atoms with Gasteiger partial charge in [-0.1, -0.05) is 6.58 Å². The Morgan fingerprint density at radius 3 is 1.75 bits per heavy atom. The van der Waals surface area contributed by atoms with Crippen LogP contribution in [0.3, 0.4) is 0 Å². The van der Waals surface area contributed by atoms with Crippen LogP contribution in [0.2, 0.25) is 6.04 Å². The summed E-state index contributed by atoms with van der Waals surface area (Å²) in [4.78, 5) is 11.2. The lowest BCUT2D eigenvalue weighted by Gasteiger charge is -2.29. The number of ether oxygens (including phenoxy) is 3. The molecule has 9 heteroatoms. The van der Waals surface area contributed by atoms with E-state index in [0.29, 0.717) is 58.7 Å². The van der Waals surface area contributed by atoms with E-state index in [9.17, 15) is 4.79 Å². The van der Waals surface area contributed by atoms with Crippen LogP contribution in [0.15, 0.2) is 12.7 Å². The number of methoxy groups -OCH3 is 3. The molecule has 0 saturated heterocycles. The highest BCUT2D eigenvalue weighted by molar-refractivity contribution is 6.60. The van der Waals surface area contributed by atoms with Crippen LogP contribution in [0.5, 0.6) is 0 Å². The summed E-state index contributed by atoms with van der Waals surface area (Å²) in [6.45, 7) is 6.39. The molecule has 0 aromatic heterocycles. The number of nitrogens with one attached hydrogen (secondary N) is 1. The summed E-state index contributed by atoms with van der Waals surface area (Å²) >= 11 is 0. The van der Waals surface area contributed by atoms with Gasteiger partial charge in [0.05, 0.1) is 39.6 Å². The SMILES string of the molecule is C=CC(=O)NCCC[Si](OCCOC)(OCCOC)OCCOC. The van der Waals surface area contributed by atoms with Crippen molar-refractivity contribution in [2.45, 2.75) is 12.5 Å². The predicted octanol–water partition coefficient (Wildman–Crippen LogP) is 0.607. The maximum Gasteiger partial charge on any atom is 0.501 e. The van der Waals surface area contributed by atoms with Crippen molar-refractivity contribution in [3.8, 4) is 0 Å². The lowest BCUT2D eigenvalue weighted by Crippen LogP contribution is -2.48. The van der Waals surface area contributed by atoms with Crippen molar-refractivity contribution in [2.75, 3.05) is 67.5 Å². The van der Waals surface area contributed by atoms with Crippen molar-refractivity contribution >= 4 is 14.7 Å². The Bertz CT molecular complexity index is 304. The zero-order valence-corrected chi connectivity index (χ0v) is 16.0. The molecule has 8 nitrogen and oxygen atoms in total. The number of amides is 1. The minimum Gasteiger partial charge on any atom is -0.382 e. The van der Waals surface area contributed by atoms with Gasteiger partial charge < -0.3 is 32.8 Å². The fourth-order valence-electron chi connectivity index (χ4n) is 1.77. The largest absolute Gasteiger partial charge is 0.501 e. The van der Waals surface area contributed by atoms with E-state index in [1.807, 2.05) is 0 Å². The minimum absolute atomic E-state index is 0.205. The minimum atomic E-state index is -2.91. The van der Waals surface area contributed by atoms with E-state index >= 15 is 0 Å². The second-order valence-corrected chi connectivity index (χ2v) is 7.54. The smallest absolute Gasteiger partial charge is 0.382 e. The molecule has 0 heterocycles. The zero-order chi connectivity index (χ0) is 18.1. The number of carbonyl (C=O) groups is 1. The van der Waals surface area contributed by atoms with E-state index in [2.05, 4.69) is 11.9 Å². The van der Waals surface area contributed by atoms with Crippen molar-refractivity contribution < 1.29 is 32.3 Å². The van der Waals surface area contributed by atoms with Crippen LogP contribution in [0, 0.1) is 0 Å². The fourth-order valence-corrected chi connectivity index (χ4v) is 4.25. The average molecular weight is 365 g/mol. The highest BCUT2D eigenvalue weighted by atomic mass is 28.4. The monoisotopic (exact) mass is 365 g/mol. The van der Waals surface area contributed by atoms with Crippen LogP contribution in [0.1, 0.15) is 6.42 Å². The van der Waals surface area contributed by atoms with E-state index < -0.39 is 8.80 Å². The normalized spacial score (nSPS) is 11.5. The van der Waals surface area contributed by atoms with Crippen molar-refractivity contribution in [1.29, 1.82) is 0 Å². The van der Waals surface area contributed by atoms with Gasteiger partial charge in [0.1, 0.15) is 0 Å². The molecule has 0 aromatic carbocycles. The Morgan fingerprint density at radius 1 is 0.917 bits per heavy atom. The summed E-state index contributed by atoms with van der Waals surface area (Å²) in [5, 5.41) is 2.73. The molecule has 0 radical (unpaired) electrons. The molecule has 0 aliphatic carbocycles. The summed E-state index contributed by atoms with van der Waals surface area (Å²) in [5.41, 5.74) is 0. The Kier molecular flexibility index (Phi) is 15.2. The van der Waals surface area contributed by atoms with Gasteiger partial charge >= 0.3 is 8.80 Å². The second kappa shape index (κ2) is 15.7. The summed E-state index contributed by atoms with van der Waals surface area (Å²) in [5.74, 6) is -0.205. The first kappa shape index (κ1) is 23.2. The highest BCUT2D eigenvalue weighted by Crippen LogP contribution is 2.18. The standard InChI is InChI=1S/C15H31NO7Si/c1-5-15(17)16-7-6-14-24(21-11-8-18-2,22-12-9-19-3)23-13-10-20-4/h5H,1,6-14H2,2-4H3,(H,16,17). The Balaban J connectivity index is 4.64. The first-order valence-electron chi connectivity index (χ1n) is 7.93. The molecule has 0 aliphatic rings. The van der Waals surface area contributed by atoms with Gasteiger partial charge in [0, 0.05) is 33.9 Å². The highest BCUT2D eigenvalue weighted by Gasteiger charge is 2.40.